The molecule has 0 aliphatic carbocycles. The van der Waals surface area contributed by atoms with Crippen LogP contribution in [0.5, 0.6) is 0 Å². The van der Waals surface area contributed by atoms with Crippen molar-refractivity contribution >= 4 is 46.8 Å². The predicted molar refractivity (Wildman–Crippen MR) is 83.1 cm³/mol. The number of anilines is 1. The second-order valence-electron chi connectivity index (χ2n) is 3.19. The third-order valence-electron chi connectivity index (χ3n) is 2.23. The molecule has 94 valence electrons. The Hall–Kier alpha value is -0.680. The summed E-state index contributed by atoms with van der Waals surface area (Å²) in [5.41, 5.74) is 4.68. The monoisotopic (exact) mass is 366 g/mol. The summed E-state index contributed by atoms with van der Waals surface area (Å²) in [4.78, 5) is 8.36. The summed E-state index contributed by atoms with van der Waals surface area (Å²) < 4.78 is 0. The fourth-order valence-electron chi connectivity index (χ4n) is 1.43. The van der Waals surface area contributed by atoms with Crippen LogP contribution in [0, 0.1) is 12.3 Å². The summed E-state index contributed by atoms with van der Waals surface area (Å²) in [5, 5.41) is 17.5. The molecule has 1 unspecified atom stereocenters. The highest BCUT2D eigenvalue weighted by molar-refractivity contribution is 14.2. The molecular weight excluding hydrogens is 350 g/mol. The number of carboxylic acid groups (broad SMARTS) is 1. The molecule has 1 aromatic rings. The van der Waals surface area contributed by atoms with Crippen molar-refractivity contribution in [2.75, 3.05) is 5.09 Å². The van der Waals surface area contributed by atoms with E-state index < -0.39 is 0 Å². The Morgan fingerprint density at radius 1 is 1.59 bits per heavy atom. The molecule has 0 aromatic heterocycles. The van der Waals surface area contributed by atoms with Crippen LogP contribution in [0.1, 0.15) is 23.6 Å². The first-order valence-corrected chi connectivity index (χ1v) is 9.09. The van der Waals surface area contributed by atoms with E-state index >= 15 is 0 Å². The molecule has 1 aromatic carbocycles. The van der Waals surface area contributed by atoms with Crippen LogP contribution in [0.15, 0.2) is 12.1 Å². The van der Waals surface area contributed by atoms with Crippen LogP contribution in [0.25, 0.3) is 0 Å². The van der Waals surface area contributed by atoms with Gasteiger partial charge in [-0.15, -0.1) is 0 Å². The minimum absolute atomic E-state index is 0.250. The fourth-order valence-corrected chi connectivity index (χ4v) is 2.62. The van der Waals surface area contributed by atoms with Crippen molar-refractivity contribution in [2.24, 2.45) is 0 Å². The fraction of sp³-hybridized carbons (Fsp3) is 0.273. The summed E-state index contributed by atoms with van der Waals surface area (Å²) in [6.45, 7) is 4.00. The van der Waals surface area contributed by atoms with Gasteiger partial charge in [-0.05, 0) is 58.6 Å². The lowest BCUT2D eigenvalue weighted by atomic mass is 10.0. The second-order valence-corrected chi connectivity index (χ2v) is 5.25. The zero-order chi connectivity index (χ0) is 13.3. The molecule has 1 rings (SSSR count). The van der Waals surface area contributed by atoms with Crippen LogP contribution >= 0.6 is 28.4 Å². The highest BCUT2D eigenvalue weighted by Crippen LogP contribution is 2.28. The van der Waals surface area contributed by atoms with Gasteiger partial charge >= 0.3 is 0 Å². The Balaban J connectivity index is 0.000000770. The lowest BCUT2D eigenvalue weighted by Crippen LogP contribution is -1.95. The average Bonchev–Trinajstić information content (AvgIpc) is 2.32. The van der Waals surface area contributed by atoms with E-state index in [1.165, 1.54) is 17.3 Å². The van der Waals surface area contributed by atoms with Crippen molar-refractivity contribution in [3.63, 3.8) is 0 Å². The largest absolute Gasteiger partial charge is 0.483 e. The molecule has 6 heteroatoms. The van der Waals surface area contributed by atoms with Crippen LogP contribution in [0.2, 0.25) is 0 Å². The van der Waals surface area contributed by atoms with Gasteiger partial charge < -0.3 is 15.6 Å². The van der Waals surface area contributed by atoms with E-state index in [-0.39, 0.29) is 6.47 Å². The Morgan fingerprint density at radius 2 is 2.18 bits per heavy atom. The summed E-state index contributed by atoms with van der Waals surface area (Å²) in [7, 11) is 0. The van der Waals surface area contributed by atoms with Crippen molar-refractivity contribution in [1.29, 1.82) is 5.41 Å². The first-order valence-electron chi connectivity index (χ1n) is 4.98. The Labute approximate surface area is 116 Å². The van der Waals surface area contributed by atoms with E-state index in [2.05, 4.69) is 53.1 Å². The Bertz CT molecular complexity index is 386. The number of nitrogens with one attached hydrogen (secondary N) is 2. The van der Waals surface area contributed by atoms with Crippen LogP contribution < -0.4 is 5.09 Å². The second kappa shape index (κ2) is 9.36. The topological polar surface area (TPSA) is 73.2 Å². The molecule has 0 heterocycles. The van der Waals surface area contributed by atoms with E-state index in [4.69, 9.17) is 15.3 Å². The summed E-state index contributed by atoms with van der Waals surface area (Å²) in [6.07, 6.45) is 3.10. The van der Waals surface area contributed by atoms with Crippen molar-refractivity contribution in [2.45, 2.75) is 20.3 Å². The van der Waals surface area contributed by atoms with Gasteiger partial charge in [0.2, 0.25) is 0 Å². The molecule has 0 aliphatic heterocycles. The maximum Gasteiger partial charge on any atom is 0.290 e. The number of aryl methyl sites for hydroxylation is 2. The maximum atomic E-state index is 8.36. The number of carbonyl (C=O) groups is 1. The first kappa shape index (κ1) is 16.3. The third-order valence-corrected chi connectivity index (χ3v) is 3.40. The van der Waals surface area contributed by atoms with Gasteiger partial charge in [-0.1, -0.05) is 6.92 Å². The third kappa shape index (κ3) is 5.46. The number of rotatable bonds is 4. The molecule has 0 saturated heterocycles. The van der Waals surface area contributed by atoms with Gasteiger partial charge in [0.05, 0.1) is 0 Å². The molecule has 17 heavy (non-hydrogen) atoms. The Kier molecular flexibility index (Phi) is 8.99. The molecular formula is C11H16IN2O2P. The minimum Gasteiger partial charge on any atom is -0.483 e. The van der Waals surface area contributed by atoms with Crippen molar-refractivity contribution in [3.8, 4) is 0 Å². The Morgan fingerprint density at radius 3 is 2.59 bits per heavy atom. The number of benzene rings is 1. The molecule has 1 atom stereocenters. The average molecular weight is 366 g/mol. The number of halogens is 1. The molecule has 0 bridgehead atoms. The van der Waals surface area contributed by atoms with E-state index in [0.717, 1.165) is 17.7 Å². The van der Waals surface area contributed by atoms with Crippen LogP contribution in [0.3, 0.4) is 0 Å². The summed E-state index contributed by atoms with van der Waals surface area (Å²) in [5.74, 6) is 0. The van der Waals surface area contributed by atoms with Crippen LogP contribution in [-0.4, -0.2) is 17.8 Å². The van der Waals surface area contributed by atoms with Crippen molar-refractivity contribution in [1.82, 2.24) is 0 Å². The zero-order valence-electron chi connectivity index (χ0n) is 9.75. The molecule has 0 aliphatic rings. The van der Waals surface area contributed by atoms with E-state index in [0.29, 0.717) is 6.37 Å². The molecule has 0 saturated carbocycles. The van der Waals surface area contributed by atoms with Crippen molar-refractivity contribution in [3.05, 3.63) is 28.8 Å². The van der Waals surface area contributed by atoms with Crippen molar-refractivity contribution < 1.29 is 9.90 Å². The normalized spacial score (nSPS) is 9.59. The van der Waals surface area contributed by atoms with Gasteiger partial charge in [-0.2, -0.15) is 0 Å². The van der Waals surface area contributed by atoms with Gasteiger partial charge in [0.1, 0.15) is 0 Å². The van der Waals surface area contributed by atoms with Gasteiger partial charge in [0, 0.05) is 23.8 Å². The molecule has 0 fully saturated rings. The van der Waals surface area contributed by atoms with E-state index in [9.17, 15) is 0 Å². The van der Waals surface area contributed by atoms with Crippen LogP contribution in [-0.2, 0) is 11.2 Å². The zero-order valence-corrected chi connectivity index (χ0v) is 12.9. The smallest absolute Gasteiger partial charge is 0.290 e. The highest BCUT2D eigenvalue weighted by Gasteiger charge is 2.03. The SMILES string of the molecule is CCc1cc(NPI)c(C=N)cc1C.O=CO. The first-order chi connectivity index (χ1) is 8.14. The summed E-state index contributed by atoms with van der Waals surface area (Å²) >= 11 is 2.30. The molecule has 4 nitrogen and oxygen atoms in total. The number of hydrogen-bond donors (Lipinski definition) is 3. The maximum absolute atomic E-state index is 8.36. The van der Waals surface area contributed by atoms with E-state index in [1.807, 2.05) is 0 Å². The van der Waals surface area contributed by atoms with Crippen LogP contribution in [0.4, 0.5) is 5.69 Å². The van der Waals surface area contributed by atoms with Gasteiger partial charge in [0.25, 0.3) is 6.47 Å². The quantitative estimate of drug-likeness (QED) is 0.330. The lowest BCUT2D eigenvalue weighted by Gasteiger charge is -2.11. The molecule has 0 amide bonds. The predicted octanol–water partition coefficient (Wildman–Crippen LogP) is 3.61. The summed E-state index contributed by atoms with van der Waals surface area (Å²) in [6, 6.07) is 4.23. The van der Waals surface area contributed by atoms with Gasteiger partial charge in [-0.25, -0.2) is 0 Å². The standard InChI is InChI=1S/C10H14IN2P.CH2O2/c1-3-8-5-10(13-14-11)9(6-12)4-7(8)2;2-1-3/h4-6,12-14H,3H2,1-2H3;1H,(H,2,3). The van der Waals surface area contributed by atoms with Gasteiger partial charge in [-0.3, -0.25) is 4.79 Å². The molecule has 3 N–H and O–H groups in total. The number of hydrogen-bond acceptors (Lipinski definition) is 3. The molecule has 0 radical (unpaired) electrons. The minimum atomic E-state index is -0.250. The van der Waals surface area contributed by atoms with E-state index in [1.54, 1.807) is 0 Å². The van der Waals surface area contributed by atoms with Gasteiger partial charge in [0.15, 0.2) is 0 Å². The molecule has 0 spiro atoms. The highest BCUT2D eigenvalue weighted by atomic mass is 127. The lowest BCUT2D eigenvalue weighted by molar-refractivity contribution is -0.122.